The molecule has 19 heteroatoms. The lowest BCUT2D eigenvalue weighted by molar-refractivity contribution is -0.161. The molecule has 0 heterocycles. The Labute approximate surface area is 670 Å². The van der Waals surface area contributed by atoms with E-state index in [2.05, 4.69) is 41.5 Å². The molecule has 0 aliphatic rings. The number of esters is 4. The quantitative estimate of drug-likeness (QED) is 0.0222. The number of aliphatic hydroxyl groups is 1. The normalized spacial score (nSPS) is 14.0. The molecule has 6 atom stereocenters. The number of phosphoric ester groups is 2. The summed E-state index contributed by atoms with van der Waals surface area (Å²) in [6.07, 6.45) is 74.9. The van der Waals surface area contributed by atoms with Crippen LogP contribution in [0.1, 0.15) is 485 Å². The third-order valence-corrected chi connectivity index (χ3v) is 23.5. The summed E-state index contributed by atoms with van der Waals surface area (Å²) >= 11 is 0. The third kappa shape index (κ3) is 82.4. The molecule has 0 amide bonds. The van der Waals surface area contributed by atoms with Crippen LogP contribution in [0.2, 0.25) is 0 Å². The summed E-state index contributed by atoms with van der Waals surface area (Å²) in [5.74, 6) is -0.459. The Bertz CT molecular complexity index is 2080. The summed E-state index contributed by atoms with van der Waals surface area (Å²) in [5.41, 5.74) is 0. The van der Waals surface area contributed by atoms with Gasteiger partial charge in [-0.25, -0.2) is 9.13 Å². The van der Waals surface area contributed by atoms with Crippen molar-refractivity contribution in [3.63, 3.8) is 0 Å². The molecular weight excluding hydrogens is 1410 g/mol. The highest BCUT2D eigenvalue weighted by Gasteiger charge is 2.31. The lowest BCUT2D eigenvalue weighted by atomic mass is 9.99. The van der Waals surface area contributed by atoms with Gasteiger partial charge >= 0.3 is 39.5 Å². The molecule has 0 fully saturated rings. The number of ether oxygens (including phenoxy) is 4. The molecule has 0 aromatic carbocycles. The predicted molar refractivity (Wildman–Crippen MR) is 451 cm³/mol. The van der Waals surface area contributed by atoms with Gasteiger partial charge in [0.05, 0.1) is 26.4 Å². The van der Waals surface area contributed by atoms with Crippen molar-refractivity contribution in [3.05, 3.63) is 0 Å². The smallest absolute Gasteiger partial charge is 0.462 e. The van der Waals surface area contributed by atoms with Crippen molar-refractivity contribution in [2.24, 2.45) is 11.8 Å². The molecule has 17 nitrogen and oxygen atoms in total. The zero-order chi connectivity index (χ0) is 79.9. The van der Waals surface area contributed by atoms with Gasteiger partial charge < -0.3 is 33.8 Å². The second-order valence-electron chi connectivity index (χ2n) is 33.1. The molecule has 0 aromatic heterocycles. The molecule has 109 heavy (non-hydrogen) atoms. The minimum Gasteiger partial charge on any atom is -0.462 e. The lowest BCUT2D eigenvalue weighted by Crippen LogP contribution is -2.30. The topological polar surface area (TPSA) is 237 Å². The minimum absolute atomic E-state index is 0.108. The first kappa shape index (κ1) is 107. The van der Waals surface area contributed by atoms with Gasteiger partial charge in [0.15, 0.2) is 12.2 Å². The van der Waals surface area contributed by atoms with Crippen LogP contribution in [-0.4, -0.2) is 96.7 Å². The van der Waals surface area contributed by atoms with E-state index in [1.165, 1.54) is 302 Å². The Morgan fingerprint density at radius 3 is 0.697 bits per heavy atom. The highest BCUT2D eigenvalue weighted by Crippen LogP contribution is 2.45. The van der Waals surface area contributed by atoms with E-state index in [4.69, 9.17) is 37.0 Å². The Kier molecular flexibility index (Phi) is 79.8. The number of rotatable bonds is 89. The fraction of sp³-hybridized carbons (Fsp3) is 0.956. The maximum atomic E-state index is 13.2. The summed E-state index contributed by atoms with van der Waals surface area (Å²) in [6, 6.07) is 0. The average molecular weight is 1590 g/mol. The molecule has 0 radical (unpaired) electrons. The molecule has 0 spiro atoms. The Morgan fingerprint density at radius 1 is 0.266 bits per heavy atom. The van der Waals surface area contributed by atoms with Gasteiger partial charge in [-0.2, -0.15) is 0 Å². The fourth-order valence-corrected chi connectivity index (χ4v) is 15.7. The Balaban J connectivity index is 5.25. The highest BCUT2D eigenvalue weighted by atomic mass is 31.2. The number of hydrogen-bond donors (Lipinski definition) is 3. The van der Waals surface area contributed by atoms with Crippen molar-refractivity contribution in [2.75, 3.05) is 39.6 Å². The maximum absolute atomic E-state index is 13.2. The second-order valence-corrected chi connectivity index (χ2v) is 36.0. The first-order chi connectivity index (χ1) is 52.9. The van der Waals surface area contributed by atoms with Gasteiger partial charge in [-0.05, 0) is 37.5 Å². The molecule has 0 aliphatic heterocycles. The summed E-state index contributed by atoms with van der Waals surface area (Å²) in [7, 11) is -9.93. The standard InChI is InChI=1S/C90H176O17P2/c1-7-10-12-14-16-18-20-22-23-24-25-26-27-28-29-30-38-44-50-56-62-68-74-89(94)106-86(79-101-88(93)73-67-61-55-49-43-37-32-31-36-41-47-53-59-65-71-83(6)9-3)81-105-109(98,99)103-77-84(91)76-102-108(96,97)104-80-85(78-100-87(92)72-66-60-54-48-42-34-21-19-17-15-13-11-8-2)107-90(95)75-69-63-57-51-45-39-33-35-40-46-52-58-64-70-82(4)5/h82-86,91H,7-81H2,1-6H3,(H,96,97)(H,98,99)/t83?,84-,85+,86+/m0/s1. The average Bonchev–Trinajstić information content (AvgIpc) is 0.905. The molecule has 0 bridgehead atoms. The largest absolute Gasteiger partial charge is 0.472 e. The molecule has 648 valence electrons. The summed E-state index contributed by atoms with van der Waals surface area (Å²) in [5, 5.41) is 10.7. The van der Waals surface area contributed by atoms with Gasteiger partial charge in [0.2, 0.25) is 0 Å². The number of carbonyl (C=O) groups is 4. The van der Waals surface area contributed by atoms with E-state index < -0.39 is 97.5 Å². The second kappa shape index (κ2) is 81.2. The monoisotopic (exact) mass is 1590 g/mol. The number of unbranched alkanes of at least 4 members (excludes halogenated alkanes) is 58. The van der Waals surface area contributed by atoms with Crippen LogP contribution in [0.5, 0.6) is 0 Å². The lowest BCUT2D eigenvalue weighted by Gasteiger charge is -2.21. The molecule has 0 saturated heterocycles. The maximum Gasteiger partial charge on any atom is 0.472 e. The summed E-state index contributed by atoms with van der Waals surface area (Å²) in [6.45, 7) is 9.77. The van der Waals surface area contributed by atoms with E-state index in [0.29, 0.717) is 25.7 Å². The van der Waals surface area contributed by atoms with E-state index in [0.717, 1.165) is 102 Å². The van der Waals surface area contributed by atoms with Gasteiger partial charge in [-0.3, -0.25) is 37.3 Å². The van der Waals surface area contributed by atoms with E-state index in [1.54, 1.807) is 0 Å². The van der Waals surface area contributed by atoms with Crippen LogP contribution in [0.3, 0.4) is 0 Å². The first-order valence-corrected chi connectivity index (χ1v) is 49.5. The van der Waals surface area contributed by atoms with Crippen LogP contribution >= 0.6 is 15.6 Å². The van der Waals surface area contributed by atoms with Crippen molar-refractivity contribution in [3.8, 4) is 0 Å². The summed E-state index contributed by atoms with van der Waals surface area (Å²) < 4.78 is 69.1. The van der Waals surface area contributed by atoms with Crippen molar-refractivity contribution in [2.45, 2.75) is 503 Å². The van der Waals surface area contributed by atoms with E-state index in [9.17, 15) is 43.2 Å². The Hall–Kier alpha value is -1.94. The van der Waals surface area contributed by atoms with Crippen LogP contribution in [-0.2, 0) is 65.4 Å². The highest BCUT2D eigenvalue weighted by molar-refractivity contribution is 7.47. The van der Waals surface area contributed by atoms with Gasteiger partial charge in [0.1, 0.15) is 19.3 Å². The SMILES string of the molecule is CCCCCCCCCCCCCCCCCCCCCCCCC(=O)O[C@H](COC(=O)CCCCCCCCCCCCCCCCC(C)CC)COP(=O)(O)OC[C@@H](O)COP(=O)(O)OC[C@@H](COC(=O)CCCCCCCCCCCCCCC)OC(=O)CCCCCCCCCCCCCCCC(C)C. The third-order valence-electron chi connectivity index (χ3n) is 21.6. The molecule has 0 saturated carbocycles. The fourth-order valence-electron chi connectivity index (χ4n) is 14.1. The first-order valence-electron chi connectivity index (χ1n) is 46.5. The van der Waals surface area contributed by atoms with Crippen LogP contribution in [0, 0.1) is 11.8 Å². The zero-order valence-corrected chi connectivity index (χ0v) is 73.7. The molecular formula is C90H176O17P2. The minimum atomic E-state index is -4.97. The van der Waals surface area contributed by atoms with E-state index in [-0.39, 0.29) is 25.7 Å². The van der Waals surface area contributed by atoms with Gasteiger partial charge in [0, 0.05) is 25.7 Å². The van der Waals surface area contributed by atoms with Crippen LogP contribution in [0.4, 0.5) is 0 Å². The van der Waals surface area contributed by atoms with Crippen molar-refractivity contribution in [1.29, 1.82) is 0 Å². The summed E-state index contributed by atoms with van der Waals surface area (Å²) in [4.78, 5) is 73.4. The van der Waals surface area contributed by atoms with Crippen LogP contribution in [0.25, 0.3) is 0 Å². The van der Waals surface area contributed by atoms with Crippen molar-refractivity contribution in [1.82, 2.24) is 0 Å². The molecule has 0 aromatic rings. The predicted octanol–water partition coefficient (Wildman–Crippen LogP) is 27.8. The number of hydrogen-bond acceptors (Lipinski definition) is 15. The number of phosphoric acid groups is 2. The van der Waals surface area contributed by atoms with Crippen molar-refractivity contribution >= 4 is 39.5 Å². The van der Waals surface area contributed by atoms with Crippen LogP contribution in [0.15, 0.2) is 0 Å². The Morgan fingerprint density at radius 2 is 0.468 bits per heavy atom. The molecule has 0 aliphatic carbocycles. The molecule has 0 rings (SSSR count). The van der Waals surface area contributed by atoms with Gasteiger partial charge in [-0.15, -0.1) is 0 Å². The van der Waals surface area contributed by atoms with Gasteiger partial charge in [-0.1, -0.05) is 433 Å². The van der Waals surface area contributed by atoms with E-state index in [1.807, 2.05) is 0 Å². The zero-order valence-electron chi connectivity index (χ0n) is 71.9. The number of aliphatic hydroxyl groups excluding tert-OH is 1. The molecule has 3 unspecified atom stereocenters. The molecule has 3 N–H and O–H groups in total. The van der Waals surface area contributed by atoms with Crippen LogP contribution < -0.4 is 0 Å². The van der Waals surface area contributed by atoms with E-state index >= 15 is 0 Å². The van der Waals surface area contributed by atoms with Gasteiger partial charge in [0.25, 0.3) is 0 Å². The number of carbonyl (C=O) groups excluding carboxylic acids is 4. The van der Waals surface area contributed by atoms with Crippen molar-refractivity contribution < 1.29 is 80.2 Å².